The third-order valence-electron chi connectivity index (χ3n) is 2.84. The highest BCUT2D eigenvalue weighted by molar-refractivity contribution is 5.94. The molecular weight excluding hydrogens is 258 g/mol. The van der Waals surface area contributed by atoms with Gasteiger partial charge in [-0.1, -0.05) is 30.3 Å². The van der Waals surface area contributed by atoms with Gasteiger partial charge in [0.1, 0.15) is 6.54 Å². The number of rotatable bonds is 5. The number of nitrogens with one attached hydrogen (secondary N) is 1. The summed E-state index contributed by atoms with van der Waals surface area (Å²) in [6.45, 7) is 1.62. The van der Waals surface area contributed by atoms with Crippen LogP contribution >= 0.6 is 0 Å². The molecular formula is C14H15N3O3. The Morgan fingerprint density at radius 2 is 2.05 bits per heavy atom. The predicted octanol–water partition coefficient (Wildman–Crippen LogP) is 1.46. The largest absolute Gasteiger partial charge is 0.480 e. The van der Waals surface area contributed by atoms with Crippen molar-refractivity contribution in [3.8, 4) is 0 Å². The molecule has 0 bridgehead atoms. The molecule has 0 radical (unpaired) electrons. The number of aromatic nitrogens is 2. The Balaban J connectivity index is 2.01. The zero-order valence-corrected chi connectivity index (χ0v) is 11.0. The van der Waals surface area contributed by atoms with Crippen molar-refractivity contribution < 1.29 is 14.7 Å². The van der Waals surface area contributed by atoms with E-state index in [-0.39, 0.29) is 18.5 Å². The molecule has 0 spiro atoms. The number of amides is 1. The summed E-state index contributed by atoms with van der Waals surface area (Å²) in [7, 11) is 0. The van der Waals surface area contributed by atoms with Gasteiger partial charge in [0, 0.05) is 6.20 Å². The lowest BCUT2D eigenvalue weighted by atomic mass is 10.1. The van der Waals surface area contributed by atoms with Crippen LogP contribution in [-0.2, 0) is 11.3 Å². The maximum atomic E-state index is 12.0. The lowest BCUT2D eigenvalue weighted by molar-refractivity contribution is -0.137. The Kier molecular flexibility index (Phi) is 4.14. The first-order valence-electron chi connectivity index (χ1n) is 6.16. The summed E-state index contributed by atoms with van der Waals surface area (Å²) in [4.78, 5) is 22.6. The number of hydrogen-bond acceptors (Lipinski definition) is 3. The van der Waals surface area contributed by atoms with Crippen molar-refractivity contribution in [1.29, 1.82) is 0 Å². The van der Waals surface area contributed by atoms with E-state index in [4.69, 9.17) is 5.11 Å². The third kappa shape index (κ3) is 3.44. The van der Waals surface area contributed by atoms with E-state index in [2.05, 4.69) is 10.4 Å². The van der Waals surface area contributed by atoms with Gasteiger partial charge in [-0.2, -0.15) is 5.10 Å². The number of carbonyl (C=O) groups excluding carboxylic acids is 1. The minimum Gasteiger partial charge on any atom is -0.480 e. The zero-order chi connectivity index (χ0) is 14.5. The average Bonchev–Trinajstić information content (AvgIpc) is 2.87. The standard InChI is InChI=1S/C14H15N3O3/c1-10(11-5-3-2-4-6-11)16-14(20)12-7-15-17(8-12)9-13(18)19/h2-8,10H,9H2,1H3,(H,16,20)(H,18,19). The first kappa shape index (κ1) is 13.8. The van der Waals surface area contributed by atoms with Crippen LogP contribution in [0.2, 0.25) is 0 Å². The van der Waals surface area contributed by atoms with Crippen molar-refractivity contribution in [1.82, 2.24) is 15.1 Å². The van der Waals surface area contributed by atoms with Crippen molar-refractivity contribution in [3.63, 3.8) is 0 Å². The second-order valence-electron chi connectivity index (χ2n) is 4.43. The van der Waals surface area contributed by atoms with Gasteiger partial charge in [-0.3, -0.25) is 14.3 Å². The molecule has 2 aromatic rings. The third-order valence-corrected chi connectivity index (χ3v) is 2.84. The molecule has 0 aliphatic rings. The molecule has 6 heteroatoms. The van der Waals surface area contributed by atoms with Crippen molar-refractivity contribution in [2.45, 2.75) is 19.5 Å². The van der Waals surface area contributed by atoms with E-state index in [1.54, 1.807) is 0 Å². The number of hydrogen-bond donors (Lipinski definition) is 2. The minimum atomic E-state index is -1.00. The molecule has 1 amide bonds. The maximum absolute atomic E-state index is 12.0. The number of benzene rings is 1. The number of aliphatic carboxylic acids is 1. The summed E-state index contributed by atoms with van der Waals surface area (Å²) >= 11 is 0. The van der Waals surface area contributed by atoms with E-state index in [9.17, 15) is 9.59 Å². The summed E-state index contributed by atoms with van der Waals surface area (Å²) in [6, 6.07) is 9.45. The Bertz CT molecular complexity index is 607. The SMILES string of the molecule is CC(NC(=O)c1cnn(CC(=O)O)c1)c1ccccc1. The summed E-state index contributed by atoms with van der Waals surface area (Å²) in [6.07, 6.45) is 2.77. The van der Waals surface area contributed by atoms with Crippen LogP contribution in [0.3, 0.4) is 0 Å². The molecule has 20 heavy (non-hydrogen) atoms. The van der Waals surface area contributed by atoms with Crippen molar-refractivity contribution in [2.75, 3.05) is 0 Å². The fourth-order valence-corrected chi connectivity index (χ4v) is 1.81. The normalized spacial score (nSPS) is 11.8. The highest BCUT2D eigenvalue weighted by Gasteiger charge is 2.13. The molecule has 6 nitrogen and oxygen atoms in total. The van der Waals surface area contributed by atoms with E-state index >= 15 is 0 Å². The van der Waals surface area contributed by atoms with Gasteiger partial charge in [0.15, 0.2) is 0 Å². The number of nitrogens with zero attached hydrogens (tertiary/aromatic N) is 2. The second-order valence-corrected chi connectivity index (χ2v) is 4.43. The lowest BCUT2D eigenvalue weighted by Gasteiger charge is -2.13. The van der Waals surface area contributed by atoms with Crippen molar-refractivity contribution in [2.24, 2.45) is 0 Å². The molecule has 0 fully saturated rings. The Morgan fingerprint density at radius 1 is 1.35 bits per heavy atom. The molecule has 2 N–H and O–H groups in total. The van der Waals surface area contributed by atoms with Gasteiger partial charge in [-0.25, -0.2) is 0 Å². The van der Waals surface area contributed by atoms with Crippen LogP contribution in [0.4, 0.5) is 0 Å². The molecule has 1 atom stereocenters. The molecule has 1 aromatic carbocycles. The molecule has 1 unspecified atom stereocenters. The molecule has 2 rings (SSSR count). The van der Waals surface area contributed by atoms with Gasteiger partial charge in [-0.15, -0.1) is 0 Å². The smallest absolute Gasteiger partial charge is 0.325 e. The lowest BCUT2D eigenvalue weighted by Crippen LogP contribution is -2.26. The molecule has 0 aliphatic heterocycles. The van der Waals surface area contributed by atoms with Gasteiger partial charge in [0.05, 0.1) is 17.8 Å². The summed E-state index contributed by atoms with van der Waals surface area (Å²) in [5.74, 6) is -1.28. The highest BCUT2D eigenvalue weighted by Crippen LogP contribution is 2.12. The van der Waals surface area contributed by atoms with Crippen LogP contribution in [-0.4, -0.2) is 26.8 Å². The minimum absolute atomic E-state index is 0.133. The summed E-state index contributed by atoms with van der Waals surface area (Å²) in [5.41, 5.74) is 1.34. The van der Waals surface area contributed by atoms with E-state index in [0.717, 1.165) is 5.56 Å². The molecule has 0 aliphatic carbocycles. The fraction of sp³-hybridized carbons (Fsp3) is 0.214. The highest BCUT2D eigenvalue weighted by atomic mass is 16.4. The Hall–Kier alpha value is -2.63. The van der Waals surface area contributed by atoms with Crippen LogP contribution < -0.4 is 5.32 Å². The monoisotopic (exact) mass is 273 g/mol. The van der Waals surface area contributed by atoms with Crippen molar-refractivity contribution >= 4 is 11.9 Å². The van der Waals surface area contributed by atoms with Gasteiger partial charge in [0.2, 0.25) is 0 Å². The first-order valence-corrected chi connectivity index (χ1v) is 6.16. The fourth-order valence-electron chi connectivity index (χ4n) is 1.81. The average molecular weight is 273 g/mol. The molecule has 1 heterocycles. The molecule has 1 aromatic heterocycles. The quantitative estimate of drug-likeness (QED) is 0.863. The van der Waals surface area contributed by atoms with Crippen molar-refractivity contribution in [3.05, 3.63) is 53.9 Å². The van der Waals surface area contributed by atoms with Crippen LogP contribution in [0.15, 0.2) is 42.7 Å². The van der Waals surface area contributed by atoms with E-state index in [0.29, 0.717) is 5.56 Å². The number of carbonyl (C=O) groups is 2. The second kappa shape index (κ2) is 6.01. The summed E-state index contributed by atoms with van der Waals surface area (Å²) < 4.78 is 1.21. The maximum Gasteiger partial charge on any atom is 0.325 e. The van der Waals surface area contributed by atoms with Crippen LogP contribution in [0, 0.1) is 0 Å². The van der Waals surface area contributed by atoms with Crippen LogP contribution in [0.5, 0.6) is 0 Å². The summed E-state index contributed by atoms with van der Waals surface area (Å²) in [5, 5.41) is 15.3. The zero-order valence-electron chi connectivity index (χ0n) is 11.0. The topological polar surface area (TPSA) is 84.2 Å². The van der Waals surface area contributed by atoms with E-state index in [1.165, 1.54) is 17.1 Å². The van der Waals surface area contributed by atoms with E-state index < -0.39 is 5.97 Å². The first-order chi connectivity index (χ1) is 9.56. The molecule has 0 saturated heterocycles. The predicted molar refractivity (Wildman–Crippen MR) is 72.2 cm³/mol. The molecule has 104 valence electrons. The van der Waals surface area contributed by atoms with E-state index in [1.807, 2.05) is 37.3 Å². The van der Waals surface area contributed by atoms with Crippen LogP contribution in [0.1, 0.15) is 28.9 Å². The van der Waals surface area contributed by atoms with Gasteiger partial charge >= 0.3 is 5.97 Å². The number of carboxylic acid groups (broad SMARTS) is 1. The Labute approximate surface area is 116 Å². The Morgan fingerprint density at radius 3 is 2.70 bits per heavy atom. The van der Waals surface area contributed by atoms with Gasteiger partial charge in [0.25, 0.3) is 5.91 Å². The molecule has 0 saturated carbocycles. The number of carboxylic acids is 1. The van der Waals surface area contributed by atoms with Gasteiger partial charge < -0.3 is 10.4 Å². The van der Waals surface area contributed by atoms with Crippen LogP contribution in [0.25, 0.3) is 0 Å². The van der Waals surface area contributed by atoms with Gasteiger partial charge in [-0.05, 0) is 12.5 Å².